The first-order valence-electron chi connectivity index (χ1n) is 8.63. The molecule has 0 aliphatic heterocycles. The molecule has 27 heavy (non-hydrogen) atoms. The van der Waals surface area contributed by atoms with Gasteiger partial charge < -0.3 is 9.73 Å². The second-order valence-corrected chi connectivity index (χ2v) is 6.30. The van der Waals surface area contributed by atoms with Crippen molar-refractivity contribution < 1.29 is 4.42 Å². The van der Waals surface area contributed by atoms with E-state index >= 15 is 0 Å². The van der Waals surface area contributed by atoms with Crippen molar-refractivity contribution >= 4 is 27.9 Å². The van der Waals surface area contributed by atoms with Crippen molar-refractivity contribution in [1.82, 2.24) is 24.7 Å². The van der Waals surface area contributed by atoms with Gasteiger partial charge in [-0.05, 0) is 36.8 Å². The van der Waals surface area contributed by atoms with Crippen molar-refractivity contribution in [3.8, 4) is 5.69 Å². The van der Waals surface area contributed by atoms with Crippen molar-refractivity contribution in [2.75, 3.05) is 5.32 Å². The van der Waals surface area contributed by atoms with Gasteiger partial charge in [0.1, 0.15) is 30.1 Å². The molecule has 5 aromatic rings. The van der Waals surface area contributed by atoms with E-state index in [-0.39, 0.29) is 6.04 Å². The van der Waals surface area contributed by atoms with Crippen LogP contribution < -0.4 is 5.32 Å². The average molecular weight is 356 g/mol. The summed E-state index contributed by atoms with van der Waals surface area (Å²) in [5, 5.41) is 8.57. The van der Waals surface area contributed by atoms with Gasteiger partial charge in [0, 0.05) is 5.39 Å². The van der Waals surface area contributed by atoms with Crippen LogP contribution in [0.3, 0.4) is 0 Å². The van der Waals surface area contributed by atoms with E-state index in [9.17, 15) is 0 Å². The molecule has 7 nitrogen and oxygen atoms in total. The highest BCUT2D eigenvalue weighted by Crippen LogP contribution is 2.31. The van der Waals surface area contributed by atoms with Gasteiger partial charge in [0.15, 0.2) is 11.4 Å². The maximum atomic E-state index is 5.98. The minimum Gasteiger partial charge on any atom is -0.450 e. The summed E-state index contributed by atoms with van der Waals surface area (Å²) in [6.07, 6.45) is 4.76. The number of nitrogens with one attached hydrogen (secondary N) is 1. The highest BCUT2D eigenvalue weighted by atomic mass is 16.3. The number of furan rings is 1. The van der Waals surface area contributed by atoms with Crippen LogP contribution in [0, 0.1) is 0 Å². The molecule has 2 aromatic carbocycles. The second-order valence-electron chi connectivity index (χ2n) is 6.30. The summed E-state index contributed by atoms with van der Waals surface area (Å²) in [7, 11) is 0. The molecule has 0 saturated carbocycles. The predicted octanol–water partition coefficient (Wildman–Crippen LogP) is 4.13. The molecule has 0 saturated heterocycles. The Morgan fingerprint density at radius 1 is 1.00 bits per heavy atom. The summed E-state index contributed by atoms with van der Waals surface area (Å²) < 4.78 is 7.71. The molecule has 7 heteroatoms. The summed E-state index contributed by atoms with van der Waals surface area (Å²) in [5.74, 6) is 0.684. The lowest BCUT2D eigenvalue weighted by Crippen LogP contribution is -2.08. The average Bonchev–Trinajstić information content (AvgIpc) is 3.37. The molecule has 0 fully saturated rings. The second kappa shape index (κ2) is 6.21. The Bertz CT molecular complexity index is 1210. The first-order valence-corrected chi connectivity index (χ1v) is 8.63. The van der Waals surface area contributed by atoms with Gasteiger partial charge in [-0.3, -0.25) is 0 Å². The lowest BCUT2D eigenvalue weighted by atomic mass is 10.1. The van der Waals surface area contributed by atoms with Gasteiger partial charge in [0.25, 0.3) is 0 Å². The number of anilines is 1. The third-order valence-corrected chi connectivity index (χ3v) is 4.59. The Labute approximate surface area is 154 Å². The third-order valence-electron chi connectivity index (χ3n) is 4.59. The Morgan fingerprint density at radius 3 is 2.67 bits per heavy atom. The van der Waals surface area contributed by atoms with Gasteiger partial charge in [-0.2, -0.15) is 5.10 Å². The molecule has 0 spiro atoms. The number of para-hydroxylation sites is 1. The minimum atomic E-state index is 0.0427. The number of aromatic nitrogens is 5. The number of hydrogen-bond acceptors (Lipinski definition) is 6. The summed E-state index contributed by atoms with van der Waals surface area (Å²) in [6, 6.07) is 16.1. The molecule has 1 unspecified atom stereocenters. The standard InChI is InChI=1S/C20H16N6O/c1-13(14-6-8-15(9-7-14)26-12-21-10-24-26)25-20-19-18(22-11-23-20)16-4-2-3-5-17(16)27-19/h2-13H,1H3,(H,22,23,25). The van der Waals surface area contributed by atoms with Crippen LogP contribution in [0.1, 0.15) is 18.5 Å². The molecule has 3 heterocycles. The van der Waals surface area contributed by atoms with Crippen LogP contribution >= 0.6 is 0 Å². The molecule has 0 radical (unpaired) electrons. The topological polar surface area (TPSA) is 81.7 Å². The molecule has 0 bridgehead atoms. The van der Waals surface area contributed by atoms with E-state index in [4.69, 9.17) is 4.42 Å². The lowest BCUT2D eigenvalue weighted by molar-refractivity contribution is 0.665. The van der Waals surface area contributed by atoms with E-state index in [1.165, 1.54) is 6.33 Å². The van der Waals surface area contributed by atoms with Crippen molar-refractivity contribution in [2.24, 2.45) is 0 Å². The van der Waals surface area contributed by atoms with E-state index in [0.29, 0.717) is 11.4 Å². The van der Waals surface area contributed by atoms with Gasteiger partial charge in [-0.25, -0.2) is 19.6 Å². The smallest absolute Gasteiger partial charge is 0.196 e. The van der Waals surface area contributed by atoms with E-state index in [1.54, 1.807) is 17.3 Å². The van der Waals surface area contributed by atoms with E-state index in [1.807, 2.05) is 36.4 Å². The van der Waals surface area contributed by atoms with Crippen molar-refractivity contribution in [2.45, 2.75) is 13.0 Å². The Morgan fingerprint density at radius 2 is 1.85 bits per heavy atom. The van der Waals surface area contributed by atoms with Crippen LogP contribution in [0.25, 0.3) is 27.8 Å². The van der Waals surface area contributed by atoms with Gasteiger partial charge in [0.05, 0.1) is 11.7 Å². The lowest BCUT2D eigenvalue weighted by Gasteiger charge is -2.15. The van der Waals surface area contributed by atoms with Crippen LogP contribution in [0.5, 0.6) is 0 Å². The van der Waals surface area contributed by atoms with Crippen LogP contribution in [0.4, 0.5) is 5.82 Å². The van der Waals surface area contributed by atoms with Gasteiger partial charge >= 0.3 is 0 Å². The fourth-order valence-corrected chi connectivity index (χ4v) is 3.17. The van der Waals surface area contributed by atoms with Crippen LogP contribution in [0.15, 0.2) is 71.9 Å². The number of benzene rings is 2. The normalized spacial score (nSPS) is 12.5. The zero-order valence-corrected chi connectivity index (χ0v) is 14.6. The molecule has 3 aromatic heterocycles. The summed E-state index contributed by atoms with van der Waals surface area (Å²) in [4.78, 5) is 12.8. The Balaban J connectivity index is 1.46. The van der Waals surface area contributed by atoms with E-state index < -0.39 is 0 Å². The molecule has 0 aliphatic carbocycles. The molecular weight excluding hydrogens is 340 g/mol. The quantitative estimate of drug-likeness (QED) is 0.521. The monoisotopic (exact) mass is 356 g/mol. The molecule has 1 N–H and O–H groups in total. The highest BCUT2D eigenvalue weighted by molar-refractivity contribution is 6.05. The maximum Gasteiger partial charge on any atom is 0.196 e. The SMILES string of the molecule is CC(Nc1ncnc2c1oc1ccccc12)c1ccc(-n2cncn2)cc1. The molecule has 0 aliphatic rings. The molecule has 0 amide bonds. The largest absolute Gasteiger partial charge is 0.450 e. The fraction of sp³-hybridized carbons (Fsp3) is 0.100. The van der Waals surface area contributed by atoms with Gasteiger partial charge in [-0.1, -0.05) is 24.3 Å². The number of nitrogens with zero attached hydrogens (tertiary/aromatic N) is 5. The van der Waals surface area contributed by atoms with Gasteiger partial charge in [-0.15, -0.1) is 0 Å². The highest BCUT2D eigenvalue weighted by Gasteiger charge is 2.15. The molecular formula is C20H16N6O. The maximum absolute atomic E-state index is 5.98. The Hall–Kier alpha value is -3.74. The van der Waals surface area contributed by atoms with Crippen LogP contribution in [0.2, 0.25) is 0 Å². The molecule has 5 rings (SSSR count). The minimum absolute atomic E-state index is 0.0427. The van der Waals surface area contributed by atoms with Crippen molar-refractivity contribution in [1.29, 1.82) is 0 Å². The zero-order chi connectivity index (χ0) is 18.2. The molecule has 1 atom stereocenters. The van der Waals surface area contributed by atoms with E-state index in [0.717, 1.165) is 27.7 Å². The predicted molar refractivity (Wildman–Crippen MR) is 103 cm³/mol. The first-order chi connectivity index (χ1) is 13.3. The first kappa shape index (κ1) is 15.5. The van der Waals surface area contributed by atoms with Crippen molar-refractivity contribution in [3.63, 3.8) is 0 Å². The van der Waals surface area contributed by atoms with E-state index in [2.05, 4.69) is 44.4 Å². The Kier molecular flexibility index (Phi) is 3.57. The van der Waals surface area contributed by atoms with Gasteiger partial charge in [0.2, 0.25) is 0 Å². The molecule has 132 valence electrons. The van der Waals surface area contributed by atoms with Crippen LogP contribution in [-0.4, -0.2) is 24.7 Å². The number of rotatable bonds is 4. The number of hydrogen-bond donors (Lipinski definition) is 1. The third kappa shape index (κ3) is 2.69. The zero-order valence-electron chi connectivity index (χ0n) is 14.6. The fourth-order valence-electron chi connectivity index (χ4n) is 3.17. The number of fused-ring (bicyclic) bond motifs is 3. The summed E-state index contributed by atoms with van der Waals surface area (Å²) >= 11 is 0. The van der Waals surface area contributed by atoms with Crippen LogP contribution in [-0.2, 0) is 0 Å². The summed E-state index contributed by atoms with van der Waals surface area (Å²) in [6.45, 7) is 2.08. The van der Waals surface area contributed by atoms with Crippen molar-refractivity contribution in [3.05, 3.63) is 73.1 Å². The summed E-state index contributed by atoms with van der Waals surface area (Å²) in [5.41, 5.74) is 4.38.